The van der Waals surface area contributed by atoms with Crippen molar-refractivity contribution in [1.29, 1.82) is 0 Å². The van der Waals surface area contributed by atoms with Gasteiger partial charge in [0.2, 0.25) is 0 Å². The number of hydrogen-bond donors (Lipinski definition) is 3. The first kappa shape index (κ1) is 65.2. The van der Waals surface area contributed by atoms with Gasteiger partial charge in [-0.25, -0.2) is 13.2 Å². The van der Waals surface area contributed by atoms with Gasteiger partial charge in [-0.15, -0.1) is 0 Å². The Morgan fingerprint density at radius 2 is 1.06 bits per heavy atom. The third-order valence-electron chi connectivity index (χ3n) is 19.0. The topological polar surface area (TPSA) is 294 Å². The molecular formula is C65H92N2O16S. The van der Waals surface area contributed by atoms with Crippen LogP contribution in [0, 0.1) is 23.7 Å². The SMILES string of the molecule is COC1C(OC(=O)CC2CCC([NH3+])CC2)CC[C@]2(CO2)C1[C@@]1(C)O[C@@H]1CC=C(C)C.COC1C(OC(=O)CC2CCC([NH3+])CC2)CC[C@]2(CO2)C1[C@@]1(C)O[C@@H]1CC=C(C)C.O=C(O)c1ccc2ccccc2c1[O-].O=S(=O)([O-])c1ccccc1. The number of benzene rings is 3. The minimum atomic E-state index is -4.25. The molecule has 4 heterocycles. The van der Waals surface area contributed by atoms with Crippen LogP contribution >= 0.6 is 0 Å². The summed E-state index contributed by atoms with van der Waals surface area (Å²) in [5.41, 5.74) is 9.80. The van der Waals surface area contributed by atoms with Crippen LogP contribution in [0.15, 0.2) is 94.9 Å². The normalized spacial score (nSPS) is 35.3. The van der Waals surface area contributed by atoms with Gasteiger partial charge in [-0.3, -0.25) is 9.59 Å². The van der Waals surface area contributed by atoms with Crippen molar-refractivity contribution in [2.45, 2.75) is 220 Å². The van der Waals surface area contributed by atoms with Crippen LogP contribution in [0.3, 0.4) is 0 Å². The van der Waals surface area contributed by atoms with Crippen LogP contribution in [0.5, 0.6) is 5.75 Å². The second-order valence-corrected chi connectivity index (χ2v) is 27.1. The molecule has 2 spiro atoms. The predicted octanol–water partition coefficient (Wildman–Crippen LogP) is 7.80. The van der Waals surface area contributed by atoms with Crippen LogP contribution in [0.1, 0.15) is 155 Å². The van der Waals surface area contributed by atoms with E-state index in [4.69, 9.17) is 43.0 Å². The molecule has 12 atom stereocenters. The molecule has 4 saturated heterocycles. The van der Waals surface area contributed by atoms with Crippen molar-refractivity contribution in [3.05, 3.63) is 95.6 Å². The summed E-state index contributed by atoms with van der Waals surface area (Å²) in [4.78, 5) is 36.0. The van der Waals surface area contributed by atoms with Crippen molar-refractivity contribution < 1.29 is 86.9 Å². The van der Waals surface area contributed by atoms with Crippen molar-refractivity contribution in [3.63, 3.8) is 0 Å². The molecule has 3 aromatic carbocycles. The molecule has 18 nitrogen and oxygen atoms in total. The van der Waals surface area contributed by atoms with Crippen molar-refractivity contribution in [2.75, 3.05) is 27.4 Å². The minimum Gasteiger partial charge on any atom is -0.871 e. The molecule has 4 aliphatic heterocycles. The van der Waals surface area contributed by atoms with E-state index in [2.05, 4.69) is 65.2 Å². The molecule has 8 aliphatic rings. The summed E-state index contributed by atoms with van der Waals surface area (Å²) in [7, 11) is -0.796. The smallest absolute Gasteiger partial charge is 0.335 e. The Hall–Kier alpha value is -4.80. The van der Waals surface area contributed by atoms with Crippen molar-refractivity contribution in [3.8, 4) is 5.75 Å². The van der Waals surface area contributed by atoms with Gasteiger partial charge < -0.3 is 64.1 Å². The Kier molecular flexibility index (Phi) is 21.3. The number of fused-ring (bicyclic) bond motifs is 1. The van der Waals surface area contributed by atoms with Gasteiger partial charge in [0.25, 0.3) is 0 Å². The van der Waals surface area contributed by atoms with Crippen LogP contribution in [-0.2, 0) is 57.6 Å². The molecule has 0 bridgehead atoms. The molecule has 464 valence electrons. The van der Waals surface area contributed by atoms with Gasteiger partial charge in [-0.1, -0.05) is 77.6 Å². The summed E-state index contributed by atoms with van der Waals surface area (Å²) in [6, 6.07) is 18.2. The van der Waals surface area contributed by atoms with E-state index in [1.807, 2.05) is 6.07 Å². The molecule has 0 radical (unpaired) electrons. The second kappa shape index (κ2) is 27.5. The van der Waals surface area contributed by atoms with Gasteiger partial charge in [0.15, 0.2) is 0 Å². The van der Waals surface area contributed by atoms with E-state index in [9.17, 15) is 32.5 Å². The first-order valence-corrected chi connectivity index (χ1v) is 31.7. The number of esters is 2. The number of quaternary nitrogens is 2. The number of aromatic carboxylic acids is 1. The summed E-state index contributed by atoms with van der Waals surface area (Å²) in [5.74, 6) is -0.722. The highest BCUT2D eigenvalue weighted by Gasteiger charge is 2.73. The molecule has 7 N–H and O–H groups in total. The lowest BCUT2D eigenvalue weighted by atomic mass is 9.68. The number of methoxy groups -OCH3 is 2. The quantitative estimate of drug-likeness (QED) is 0.0533. The highest BCUT2D eigenvalue weighted by Crippen LogP contribution is 2.61. The third kappa shape index (κ3) is 16.0. The van der Waals surface area contributed by atoms with E-state index in [-0.39, 0.29) is 93.3 Å². The number of hydrogen-bond acceptors (Lipinski definition) is 15. The van der Waals surface area contributed by atoms with Crippen molar-refractivity contribution in [1.82, 2.24) is 0 Å². The van der Waals surface area contributed by atoms with Gasteiger partial charge in [0.1, 0.15) is 56.9 Å². The lowest BCUT2D eigenvalue weighted by Crippen LogP contribution is -2.61. The number of allylic oxidation sites excluding steroid dienone is 2. The van der Waals surface area contributed by atoms with E-state index in [1.54, 1.807) is 44.6 Å². The average Bonchev–Trinajstić information content (AvgIpc) is 1.93. The van der Waals surface area contributed by atoms with E-state index < -0.39 is 21.8 Å². The van der Waals surface area contributed by atoms with E-state index in [0.29, 0.717) is 42.1 Å². The first-order chi connectivity index (χ1) is 39.8. The summed E-state index contributed by atoms with van der Waals surface area (Å²) in [5, 5.41) is 21.5. The average molecular weight is 1190 g/mol. The Bertz CT molecular complexity index is 2790. The standard InChI is InChI=1S/2C24H39NO5.C11H8O3.C6H6O3S/c2*1-15(2)5-10-19-23(3,30-19)22-21(27-4)18(11-12-24(22)14-28-24)29-20(26)13-16-6-8-17(25)9-7-16;12-10-8-4-2-1-3-7(8)5-6-9(10)11(13)14;7-10(8,9)6-4-2-1-3-5-6/h2*5,16-19,21-22H,6-14,25H2,1-4H3;1-6,12H,(H,13,14);1-5H,(H,7,8,9)/t2*16?,17?,18?,19-,21?,22?,23+,24+;;/m11../s1. The molecule has 4 saturated carbocycles. The Labute approximate surface area is 496 Å². The fourth-order valence-electron chi connectivity index (χ4n) is 13.9. The van der Waals surface area contributed by atoms with E-state index in [0.717, 1.165) is 108 Å². The summed E-state index contributed by atoms with van der Waals surface area (Å²) >= 11 is 0. The number of rotatable bonds is 16. The molecule has 0 amide bonds. The van der Waals surface area contributed by atoms with E-state index >= 15 is 0 Å². The zero-order valence-electron chi connectivity index (χ0n) is 50.6. The molecular weight excluding hydrogens is 1100 g/mol. The second-order valence-electron chi connectivity index (χ2n) is 25.7. The maximum absolute atomic E-state index is 12.7. The van der Waals surface area contributed by atoms with Crippen LogP contribution < -0.4 is 16.6 Å². The molecule has 0 aromatic heterocycles. The van der Waals surface area contributed by atoms with Gasteiger partial charge in [-0.05, 0) is 172 Å². The summed E-state index contributed by atoms with van der Waals surface area (Å²) in [6.45, 7) is 14.3. The highest BCUT2D eigenvalue weighted by atomic mass is 32.2. The first-order valence-electron chi connectivity index (χ1n) is 30.3. The van der Waals surface area contributed by atoms with Gasteiger partial charge in [0.05, 0.1) is 59.8 Å². The fourth-order valence-corrected chi connectivity index (χ4v) is 14.4. The lowest BCUT2D eigenvalue weighted by Gasteiger charge is -2.42. The van der Waals surface area contributed by atoms with E-state index in [1.165, 1.54) is 41.5 Å². The molecule has 8 fully saturated rings. The van der Waals surface area contributed by atoms with Crippen molar-refractivity contribution >= 4 is 38.8 Å². The van der Waals surface area contributed by atoms with Crippen molar-refractivity contribution in [2.24, 2.45) is 23.7 Å². The largest absolute Gasteiger partial charge is 0.871 e. The van der Waals surface area contributed by atoms with Crippen LogP contribution in [-0.4, -0.2) is 135 Å². The summed E-state index contributed by atoms with van der Waals surface area (Å²) < 4.78 is 79.3. The highest BCUT2D eigenvalue weighted by molar-refractivity contribution is 7.85. The zero-order chi connectivity index (χ0) is 60.8. The summed E-state index contributed by atoms with van der Waals surface area (Å²) in [6.07, 6.45) is 19.0. The van der Waals surface area contributed by atoms with Crippen LogP contribution in [0.4, 0.5) is 0 Å². The Morgan fingerprint density at radius 3 is 1.43 bits per heavy atom. The monoisotopic (exact) mass is 1190 g/mol. The number of carbonyl (C=O) groups is 3. The Morgan fingerprint density at radius 1 is 0.643 bits per heavy atom. The maximum Gasteiger partial charge on any atom is 0.335 e. The molecule has 4 aliphatic carbocycles. The predicted molar refractivity (Wildman–Crippen MR) is 310 cm³/mol. The number of ether oxygens (including phenoxy) is 8. The van der Waals surface area contributed by atoms with Gasteiger partial charge >= 0.3 is 17.9 Å². The molecule has 19 heteroatoms. The Balaban J connectivity index is 0.000000159. The van der Waals surface area contributed by atoms with Gasteiger partial charge in [0, 0.05) is 27.1 Å². The molecule has 84 heavy (non-hydrogen) atoms. The fraction of sp³-hybridized carbons (Fsp3) is 0.646. The number of carbonyl (C=O) groups excluding carboxylic acids is 2. The maximum atomic E-state index is 12.7. The van der Waals surface area contributed by atoms with Gasteiger partial charge in [-0.2, -0.15) is 0 Å². The van der Waals surface area contributed by atoms with Crippen LogP contribution in [0.2, 0.25) is 0 Å². The third-order valence-corrected chi connectivity index (χ3v) is 19.9. The zero-order valence-corrected chi connectivity index (χ0v) is 51.4. The van der Waals surface area contributed by atoms with Crippen LogP contribution in [0.25, 0.3) is 10.8 Å². The lowest BCUT2D eigenvalue weighted by molar-refractivity contribution is -0.427. The molecule has 6 unspecified atom stereocenters. The molecule has 11 rings (SSSR count). The number of carboxylic acids is 1. The minimum absolute atomic E-state index is 0.0797. The molecule has 3 aromatic rings. The number of carboxylic acid groups (broad SMARTS) is 1. The number of epoxide rings is 4.